The maximum absolute atomic E-state index is 2.46. The van der Waals surface area contributed by atoms with Crippen molar-refractivity contribution in [3.05, 3.63) is 12.2 Å². The van der Waals surface area contributed by atoms with Crippen LogP contribution in [0.1, 0.15) is 32.6 Å². The Morgan fingerprint density at radius 2 is 2.20 bits per heavy atom. The number of allylic oxidation sites excluding steroid dienone is 2. The SMILES string of the molecule is CC[C@H]1C[C@H]2C=C[C@@H]1CC2. The summed E-state index contributed by atoms with van der Waals surface area (Å²) in [4.78, 5) is 0. The molecule has 0 aromatic rings. The third-order valence-electron chi connectivity index (χ3n) is 3.24. The molecular weight excluding hydrogens is 120 g/mol. The van der Waals surface area contributed by atoms with Crippen molar-refractivity contribution in [1.29, 1.82) is 0 Å². The van der Waals surface area contributed by atoms with E-state index < -0.39 is 0 Å². The summed E-state index contributed by atoms with van der Waals surface area (Å²) < 4.78 is 0. The molecule has 0 saturated heterocycles. The van der Waals surface area contributed by atoms with Crippen LogP contribution < -0.4 is 0 Å². The Morgan fingerprint density at radius 3 is 2.50 bits per heavy atom. The molecule has 56 valence electrons. The molecule has 3 rings (SSSR count). The van der Waals surface area contributed by atoms with Crippen LogP contribution in [0, 0.1) is 17.8 Å². The highest BCUT2D eigenvalue weighted by Crippen LogP contribution is 2.41. The van der Waals surface area contributed by atoms with Gasteiger partial charge in [0, 0.05) is 0 Å². The second-order valence-electron chi connectivity index (χ2n) is 3.79. The minimum Gasteiger partial charge on any atom is -0.0851 e. The zero-order chi connectivity index (χ0) is 6.97. The van der Waals surface area contributed by atoms with Gasteiger partial charge in [0.25, 0.3) is 0 Å². The average Bonchev–Trinajstić information content (AvgIpc) is 2.06. The molecule has 10 heavy (non-hydrogen) atoms. The zero-order valence-electron chi connectivity index (χ0n) is 6.72. The van der Waals surface area contributed by atoms with Crippen molar-refractivity contribution in [1.82, 2.24) is 0 Å². The van der Waals surface area contributed by atoms with Gasteiger partial charge in [0.1, 0.15) is 0 Å². The molecule has 3 aliphatic carbocycles. The first-order valence-electron chi connectivity index (χ1n) is 4.58. The van der Waals surface area contributed by atoms with Crippen molar-refractivity contribution in [2.75, 3.05) is 0 Å². The van der Waals surface area contributed by atoms with Gasteiger partial charge in [0.05, 0.1) is 0 Å². The molecule has 0 aliphatic heterocycles. The van der Waals surface area contributed by atoms with Gasteiger partial charge in [-0.25, -0.2) is 0 Å². The Kier molecular flexibility index (Phi) is 1.55. The van der Waals surface area contributed by atoms with E-state index in [1.165, 1.54) is 25.7 Å². The minimum absolute atomic E-state index is 0.954. The van der Waals surface area contributed by atoms with Crippen molar-refractivity contribution < 1.29 is 0 Å². The lowest BCUT2D eigenvalue weighted by Crippen LogP contribution is -2.26. The van der Waals surface area contributed by atoms with Crippen LogP contribution in [0.3, 0.4) is 0 Å². The fourth-order valence-corrected chi connectivity index (χ4v) is 2.52. The lowest BCUT2D eigenvalue weighted by molar-refractivity contribution is 0.215. The van der Waals surface area contributed by atoms with E-state index in [9.17, 15) is 0 Å². The summed E-state index contributed by atoms with van der Waals surface area (Å²) in [5, 5.41) is 0. The Labute approximate surface area is 63.3 Å². The summed E-state index contributed by atoms with van der Waals surface area (Å²) in [7, 11) is 0. The Morgan fingerprint density at radius 1 is 1.30 bits per heavy atom. The largest absolute Gasteiger partial charge is 0.0851 e. The van der Waals surface area contributed by atoms with E-state index in [1.54, 1.807) is 0 Å². The molecular formula is C10H16. The van der Waals surface area contributed by atoms with Crippen LogP contribution in [0.25, 0.3) is 0 Å². The van der Waals surface area contributed by atoms with Crippen LogP contribution in [-0.4, -0.2) is 0 Å². The highest BCUT2D eigenvalue weighted by atomic mass is 14.3. The van der Waals surface area contributed by atoms with Crippen LogP contribution in [0.4, 0.5) is 0 Å². The third kappa shape index (κ3) is 0.902. The molecule has 0 aromatic heterocycles. The summed E-state index contributed by atoms with van der Waals surface area (Å²) in [6.45, 7) is 2.33. The highest BCUT2D eigenvalue weighted by Gasteiger charge is 2.29. The average molecular weight is 136 g/mol. The molecule has 0 unspecified atom stereocenters. The van der Waals surface area contributed by atoms with Crippen molar-refractivity contribution in [2.24, 2.45) is 17.8 Å². The molecule has 2 bridgehead atoms. The molecule has 0 heterocycles. The predicted octanol–water partition coefficient (Wildman–Crippen LogP) is 3.00. The maximum Gasteiger partial charge on any atom is -0.0205 e. The van der Waals surface area contributed by atoms with E-state index in [0.29, 0.717) is 0 Å². The van der Waals surface area contributed by atoms with Gasteiger partial charge in [-0.15, -0.1) is 0 Å². The van der Waals surface area contributed by atoms with E-state index in [-0.39, 0.29) is 0 Å². The van der Waals surface area contributed by atoms with Crippen LogP contribution in [0.5, 0.6) is 0 Å². The molecule has 3 atom stereocenters. The monoisotopic (exact) mass is 136 g/mol. The summed E-state index contributed by atoms with van der Waals surface area (Å²) in [5.41, 5.74) is 0. The summed E-state index contributed by atoms with van der Waals surface area (Å²) >= 11 is 0. The molecule has 0 N–H and O–H groups in total. The van der Waals surface area contributed by atoms with Crippen molar-refractivity contribution in [2.45, 2.75) is 32.6 Å². The molecule has 0 aromatic carbocycles. The quantitative estimate of drug-likeness (QED) is 0.486. The second-order valence-corrected chi connectivity index (χ2v) is 3.79. The first kappa shape index (κ1) is 6.45. The standard InChI is InChI=1S/C10H16/c1-2-9-7-8-3-5-10(9)6-4-8/h3,5,8-10H,2,4,6-7H2,1H3/t8-,9-,10+/m0/s1. The van der Waals surface area contributed by atoms with Gasteiger partial charge in [-0.05, 0) is 37.0 Å². The number of hydrogen-bond acceptors (Lipinski definition) is 0. The van der Waals surface area contributed by atoms with Gasteiger partial charge in [-0.2, -0.15) is 0 Å². The number of rotatable bonds is 1. The van der Waals surface area contributed by atoms with E-state index >= 15 is 0 Å². The molecule has 0 nitrogen and oxygen atoms in total. The molecule has 1 fully saturated rings. The van der Waals surface area contributed by atoms with Crippen molar-refractivity contribution >= 4 is 0 Å². The summed E-state index contributed by atoms with van der Waals surface area (Å²) in [6.07, 6.45) is 10.7. The molecule has 0 amide bonds. The third-order valence-corrected chi connectivity index (χ3v) is 3.24. The van der Waals surface area contributed by atoms with Crippen LogP contribution in [0.15, 0.2) is 12.2 Å². The minimum atomic E-state index is 0.954. The van der Waals surface area contributed by atoms with E-state index in [2.05, 4.69) is 19.1 Å². The first-order valence-corrected chi connectivity index (χ1v) is 4.58. The fourth-order valence-electron chi connectivity index (χ4n) is 2.52. The molecule has 0 spiro atoms. The number of hydrogen-bond donors (Lipinski definition) is 0. The topological polar surface area (TPSA) is 0 Å². The van der Waals surface area contributed by atoms with Gasteiger partial charge in [0.15, 0.2) is 0 Å². The van der Waals surface area contributed by atoms with E-state index in [1.807, 2.05) is 0 Å². The highest BCUT2D eigenvalue weighted by molar-refractivity contribution is 5.05. The molecule has 0 heteroatoms. The van der Waals surface area contributed by atoms with Crippen LogP contribution in [-0.2, 0) is 0 Å². The Balaban J connectivity index is 2.11. The second kappa shape index (κ2) is 2.41. The van der Waals surface area contributed by atoms with Gasteiger partial charge in [-0.3, -0.25) is 0 Å². The smallest absolute Gasteiger partial charge is 0.0205 e. The number of fused-ring (bicyclic) bond motifs is 2. The Bertz CT molecular complexity index is 146. The normalized spacial score (nSPS) is 44.3. The lowest BCUT2D eigenvalue weighted by Gasteiger charge is -2.37. The molecule has 3 aliphatic rings. The van der Waals surface area contributed by atoms with Gasteiger partial charge in [0.2, 0.25) is 0 Å². The van der Waals surface area contributed by atoms with Gasteiger partial charge in [-0.1, -0.05) is 25.5 Å². The lowest BCUT2D eigenvalue weighted by atomic mass is 9.68. The van der Waals surface area contributed by atoms with Crippen LogP contribution in [0.2, 0.25) is 0 Å². The zero-order valence-corrected chi connectivity index (χ0v) is 6.72. The summed E-state index contributed by atoms with van der Waals surface area (Å²) in [5.74, 6) is 2.94. The maximum atomic E-state index is 2.46. The van der Waals surface area contributed by atoms with E-state index in [4.69, 9.17) is 0 Å². The Hall–Kier alpha value is -0.260. The van der Waals surface area contributed by atoms with Gasteiger partial charge >= 0.3 is 0 Å². The van der Waals surface area contributed by atoms with Crippen molar-refractivity contribution in [3.63, 3.8) is 0 Å². The molecule has 1 saturated carbocycles. The fraction of sp³-hybridized carbons (Fsp3) is 0.800. The van der Waals surface area contributed by atoms with E-state index in [0.717, 1.165) is 17.8 Å². The van der Waals surface area contributed by atoms with Crippen LogP contribution >= 0.6 is 0 Å². The summed E-state index contributed by atoms with van der Waals surface area (Å²) in [6, 6.07) is 0. The molecule has 0 radical (unpaired) electrons. The van der Waals surface area contributed by atoms with Crippen molar-refractivity contribution in [3.8, 4) is 0 Å². The predicted molar refractivity (Wildman–Crippen MR) is 43.8 cm³/mol. The first-order chi connectivity index (χ1) is 4.90. The van der Waals surface area contributed by atoms with Gasteiger partial charge < -0.3 is 0 Å².